The Morgan fingerprint density at radius 2 is 1.70 bits per heavy atom. The molecule has 1 fully saturated rings. The zero-order chi connectivity index (χ0) is 17.8. The lowest BCUT2D eigenvalue weighted by atomic mass is 9.69. The molecule has 0 aliphatic heterocycles. The summed E-state index contributed by atoms with van der Waals surface area (Å²) in [6.07, 6.45) is 10.5. The minimum atomic E-state index is 0.373. The summed E-state index contributed by atoms with van der Waals surface area (Å²) in [5, 5.41) is 0. The van der Waals surface area contributed by atoms with Gasteiger partial charge in [0.25, 0.3) is 0 Å². The van der Waals surface area contributed by atoms with E-state index in [0.717, 1.165) is 18.8 Å². The molecule has 1 unspecified atom stereocenters. The first kappa shape index (κ1) is 19.7. The summed E-state index contributed by atoms with van der Waals surface area (Å²) in [7, 11) is 0. The van der Waals surface area contributed by atoms with Crippen LogP contribution in [-0.4, -0.2) is 0 Å². The second-order valence-electron chi connectivity index (χ2n) is 8.33. The van der Waals surface area contributed by atoms with Crippen LogP contribution in [-0.2, 0) is 0 Å². The minimum absolute atomic E-state index is 0.373. The smallest absolute Gasteiger partial charge is 0.0243 e. The molecule has 0 amide bonds. The summed E-state index contributed by atoms with van der Waals surface area (Å²) in [6.45, 7) is 22.3. The Morgan fingerprint density at radius 3 is 2.17 bits per heavy atom. The molecule has 0 N–H and O–H groups in total. The lowest BCUT2D eigenvalue weighted by Crippen LogP contribution is -2.24. The number of allylic oxidation sites excluding steroid dienone is 9. The SMILES string of the molecule is C=C1CCC(C(C)(C)C)C/C1=C/C(/C=C(C)/C(C)=C/C)=C(C)C. The van der Waals surface area contributed by atoms with Gasteiger partial charge in [-0.1, -0.05) is 62.3 Å². The molecular formula is C23H36. The molecule has 1 aliphatic rings. The Labute approximate surface area is 144 Å². The van der Waals surface area contributed by atoms with Crippen molar-refractivity contribution in [3.63, 3.8) is 0 Å². The van der Waals surface area contributed by atoms with Gasteiger partial charge in [-0.2, -0.15) is 0 Å². The lowest BCUT2D eigenvalue weighted by Gasteiger charge is -2.36. The highest BCUT2D eigenvalue weighted by atomic mass is 14.3. The van der Waals surface area contributed by atoms with E-state index in [0.29, 0.717) is 5.41 Å². The van der Waals surface area contributed by atoms with Crippen LogP contribution < -0.4 is 0 Å². The molecule has 0 saturated heterocycles. The second-order valence-corrected chi connectivity index (χ2v) is 8.33. The van der Waals surface area contributed by atoms with Gasteiger partial charge in [0.05, 0.1) is 0 Å². The molecule has 0 heteroatoms. The third-order valence-electron chi connectivity index (χ3n) is 5.27. The fourth-order valence-electron chi connectivity index (χ4n) is 3.01. The van der Waals surface area contributed by atoms with Crippen LogP contribution in [0.25, 0.3) is 0 Å². The molecule has 0 aromatic rings. The molecule has 0 nitrogen and oxygen atoms in total. The summed E-state index contributed by atoms with van der Waals surface area (Å²) in [5.41, 5.74) is 8.55. The number of hydrogen-bond acceptors (Lipinski definition) is 0. The second kappa shape index (κ2) is 7.99. The van der Waals surface area contributed by atoms with Gasteiger partial charge in [0, 0.05) is 0 Å². The molecule has 1 saturated carbocycles. The van der Waals surface area contributed by atoms with Crippen LogP contribution in [0.1, 0.15) is 74.7 Å². The monoisotopic (exact) mass is 312 g/mol. The fraction of sp³-hybridized carbons (Fsp3) is 0.565. The van der Waals surface area contributed by atoms with E-state index in [9.17, 15) is 0 Å². The molecule has 0 radical (unpaired) electrons. The van der Waals surface area contributed by atoms with Crippen molar-refractivity contribution in [2.24, 2.45) is 11.3 Å². The zero-order valence-corrected chi connectivity index (χ0v) is 16.6. The summed E-state index contributed by atoms with van der Waals surface area (Å²) < 4.78 is 0. The van der Waals surface area contributed by atoms with E-state index < -0.39 is 0 Å². The first-order valence-electron chi connectivity index (χ1n) is 8.94. The van der Waals surface area contributed by atoms with Crippen molar-refractivity contribution in [2.75, 3.05) is 0 Å². The summed E-state index contributed by atoms with van der Waals surface area (Å²) in [4.78, 5) is 0. The summed E-state index contributed by atoms with van der Waals surface area (Å²) in [6, 6.07) is 0. The van der Waals surface area contributed by atoms with Crippen LogP contribution in [0.5, 0.6) is 0 Å². The quantitative estimate of drug-likeness (QED) is 0.471. The van der Waals surface area contributed by atoms with Crippen molar-refractivity contribution >= 4 is 0 Å². The Bertz CT molecular complexity index is 564. The average Bonchev–Trinajstić information content (AvgIpc) is 2.46. The standard InChI is InChI=1S/C23H36/c1-10-17(4)19(6)13-20(16(2)3)14-21-15-22(23(7,8)9)12-11-18(21)5/h10,13-14,22H,5,11-12,15H2,1-4,6-9H3/b17-10+,19-13+,21-14-. The van der Waals surface area contributed by atoms with Crippen molar-refractivity contribution in [1.29, 1.82) is 0 Å². The largest absolute Gasteiger partial charge is 0.0956 e. The highest BCUT2D eigenvalue weighted by Gasteiger charge is 2.29. The highest BCUT2D eigenvalue weighted by molar-refractivity contribution is 5.47. The van der Waals surface area contributed by atoms with Gasteiger partial charge in [-0.3, -0.25) is 0 Å². The first-order valence-corrected chi connectivity index (χ1v) is 8.94. The van der Waals surface area contributed by atoms with E-state index in [1.807, 2.05) is 0 Å². The highest BCUT2D eigenvalue weighted by Crippen LogP contribution is 2.42. The Kier molecular flexibility index (Phi) is 6.86. The van der Waals surface area contributed by atoms with Crippen molar-refractivity contribution in [3.8, 4) is 0 Å². The molecule has 0 heterocycles. The molecule has 1 rings (SSSR count). The first-order chi connectivity index (χ1) is 10.6. The van der Waals surface area contributed by atoms with Gasteiger partial charge < -0.3 is 0 Å². The summed E-state index contributed by atoms with van der Waals surface area (Å²) >= 11 is 0. The lowest BCUT2D eigenvalue weighted by molar-refractivity contribution is 0.215. The molecule has 0 spiro atoms. The normalized spacial score (nSPS) is 22.5. The van der Waals surface area contributed by atoms with Gasteiger partial charge in [0.1, 0.15) is 0 Å². The van der Waals surface area contributed by atoms with Crippen LogP contribution in [0.15, 0.2) is 58.2 Å². The third kappa shape index (κ3) is 5.68. The number of hydrogen-bond donors (Lipinski definition) is 0. The van der Waals surface area contributed by atoms with Crippen molar-refractivity contribution in [3.05, 3.63) is 58.2 Å². The minimum Gasteiger partial charge on any atom is -0.0956 e. The van der Waals surface area contributed by atoms with Crippen LogP contribution in [0.3, 0.4) is 0 Å². The molecular weight excluding hydrogens is 276 g/mol. The molecule has 1 atom stereocenters. The summed E-state index contributed by atoms with van der Waals surface area (Å²) in [5.74, 6) is 0.750. The molecule has 1 aliphatic carbocycles. The van der Waals surface area contributed by atoms with Crippen LogP contribution in [0.4, 0.5) is 0 Å². The molecule has 0 aromatic heterocycles. The van der Waals surface area contributed by atoms with Crippen LogP contribution in [0.2, 0.25) is 0 Å². The van der Waals surface area contributed by atoms with Crippen LogP contribution >= 0.6 is 0 Å². The van der Waals surface area contributed by atoms with Gasteiger partial charge >= 0.3 is 0 Å². The maximum Gasteiger partial charge on any atom is -0.0243 e. The Morgan fingerprint density at radius 1 is 1.09 bits per heavy atom. The molecule has 0 bridgehead atoms. The Hall–Kier alpha value is -1.30. The van der Waals surface area contributed by atoms with Crippen LogP contribution in [0, 0.1) is 11.3 Å². The van der Waals surface area contributed by atoms with Crippen molar-refractivity contribution in [1.82, 2.24) is 0 Å². The van der Waals surface area contributed by atoms with Gasteiger partial charge in [0.2, 0.25) is 0 Å². The van der Waals surface area contributed by atoms with E-state index in [2.05, 4.69) is 80.2 Å². The van der Waals surface area contributed by atoms with Gasteiger partial charge in [0.15, 0.2) is 0 Å². The molecule has 0 aromatic carbocycles. The predicted molar refractivity (Wildman–Crippen MR) is 106 cm³/mol. The topological polar surface area (TPSA) is 0 Å². The molecule has 23 heavy (non-hydrogen) atoms. The van der Waals surface area contributed by atoms with Gasteiger partial charge in [-0.15, -0.1) is 0 Å². The molecule has 128 valence electrons. The maximum atomic E-state index is 4.33. The Balaban J connectivity index is 3.17. The van der Waals surface area contributed by atoms with E-state index in [4.69, 9.17) is 0 Å². The predicted octanol–water partition coefficient (Wildman–Crippen LogP) is 7.56. The van der Waals surface area contributed by atoms with E-state index in [1.54, 1.807) is 0 Å². The number of rotatable bonds is 3. The van der Waals surface area contributed by atoms with E-state index in [-0.39, 0.29) is 0 Å². The van der Waals surface area contributed by atoms with E-state index in [1.165, 1.54) is 39.9 Å². The van der Waals surface area contributed by atoms with E-state index >= 15 is 0 Å². The fourth-order valence-corrected chi connectivity index (χ4v) is 3.01. The zero-order valence-electron chi connectivity index (χ0n) is 16.6. The third-order valence-corrected chi connectivity index (χ3v) is 5.27. The van der Waals surface area contributed by atoms with Gasteiger partial charge in [-0.25, -0.2) is 0 Å². The van der Waals surface area contributed by atoms with Gasteiger partial charge in [-0.05, 0) is 81.9 Å². The maximum absolute atomic E-state index is 4.33. The van der Waals surface area contributed by atoms with Crippen molar-refractivity contribution < 1.29 is 0 Å². The average molecular weight is 313 g/mol. The van der Waals surface area contributed by atoms with Crippen molar-refractivity contribution in [2.45, 2.75) is 74.7 Å².